The van der Waals surface area contributed by atoms with Gasteiger partial charge in [-0.3, -0.25) is 0 Å². The zero-order valence-electron chi connectivity index (χ0n) is 46.7. The molecule has 2 aliphatic heterocycles. The molecule has 14 aromatic rings. The van der Waals surface area contributed by atoms with Gasteiger partial charge in [-0.15, -0.1) is 0 Å². The van der Waals surface area contributed by atoms with Gasteiger partial charge in [-0.05, 0) is 175 Å². The van der Waals surface area contributed by atoms with Gasteiger partial charge in [0, 0.05) is 50.5 Å². The van der Waals surface area contributed by atoms with Crippen LogP contribution in [0.25, 0.3) is 94.3 Å². The third-order valence-electron chi connectivity index (χ3n) is 17.4. The molecule has 3 heterocycles. The molecule has 0 N–H and O–H groups in total. The minimum Gasteiger partial charge on any atom is -0.311 e. The van der Waals surface area contributed by atoms with E-state index in [4.69, 9.17) is 0 Å². The van der Waals surface area contributed by atoms with Crippen LogP contribution in [0, 0.1) is 22.7 Å². The van der Waals surface area contributed by atoms with Gasteiger partial charge in [0.25, 0.3) is 6.71 Å². The van der Waals surface area contributed by atoms with E-state index in [9.17, 15) is 10.5 Å². The van der Waals surface area contributed by atoms with Crippen LogP contribution >= 0.6 is 0 Å². The molecule has 0 saturated carbocycles. The molecule has 13 aromatic carbocycles. The number of rotatable bonds is 9. The number of benzene rings is 13. The summed E-state index contributed by atoms with van der Waals surface area (Å²) in [6.45, 7) is -0.151. The van der Waals surface area contributed by atoms with E-state index >= 15 is 0 Å². The third kappa shape index (κ3) is 8.39. The molecule has 0 amide bonds. The second-order valence-corrected chi connectivity index (χ2v) is 22.3. The lowest BCUT2D eigenvalue weighted by Crippen LogP contribution is -2.61. The molecule has 0 aliphatic carbocycles. The van der Waals surface area contributed by atoms with Crippen LogP contribution in [0.4, 0.5) is 34.1 Å². The first-order chi connectivity index (χ1) is 42.5. The Morgan fingerprint density at radius 2 is 0.686 bits per heavy atom. The van der Waals surface area contributed by atoms with Crippen LogP contribution in [0.15, 0.2) is 303 Å². The van der Waals surface area contributed by atoms with Crippen molar-refractivity contribution < 1.29 is 0 Å². The van der Waals surface area contributed by atoms with Gasteiger partial charge in [-0.1, -0.05) is 206 Å². The van der Waals surface area contributed by atoms with Gasteiger partial charge in [-0.2, -0.15) is 10.5 Å². The van der Waals surface area contributed by atoms with Crippen molar-refractivity contribution in [1.82, 2.24) is 4.57 Å². The summed E-state index contributed by atoms with van der Waals surface area (Å²) in [5.41, 5.74) is 27.7. The molecule has 398 valence electrons. The van der Waals surface area contributed by atoms with Crippen molar-refractivity contribution in [3.63, 3.8) is 0 Å². The number of nitrogens with zero attached hydrogens (tertiary/aromatic N) is 5. The second kappa shape index (κ2) is 20.6. The maximum atomic E-state index is 10.2. The Hall–Kier alpha value is -11.7. The van der Waals surface area contributed by atoms with Crippen LogP contribution in [0.1, 0.15) is 11.1 Å². The van der Waals surface area contributed by atoms with Gasteiger partial charge in [0.05, 0.1) is 40.0 Å². The van der Waals surface area contributed by atoms with Gasteiger partial charge in [0.2, 0.25) is 0 Å². The molecule has 5 nitrogen and oxygen atoms in total. The summed E-state index contributed by atoms with van der Waals surface area (Å²) in [6, 6.07) is 114. The largest absolute Gasteiger partial charge is 0.311 e. The predicted molar refractivity (Wildman–Crippen MR) is 357 cm³/mol. The number of anilines is 6. The quantitative estimate of drug-likeness (QED) is 0.135. The number of hydrogen-bond donors (Lipinski definition) is 0. The van der Waals surface area contributed by atoms with Crippen LogP contribution in [0.5, 0.6) is 0 Å². The summed E-state index contributed by atoms with van der Waals surface area (Å²) < 4.78 is 2.31. The topological polar surface area (TPSA) is 59.0 Å². The van der Waals surface area contributed by atoms with E-state index in [1.165, 1.54) is 49.8 Å². The normalized spacial score (nSPS) is 12.1. The van der Waals surface area contributed by atoms with E-state index < -0.39 is 0 Å². The maximum Gasteiger partial charge on any atom is 0.252 e. The monoisotopic (exact) mass is 1090 g/mol. The number of hydrogen-bond acceptors (Lipinski definition) is 4. The minimum atomic E-state index is -0.151. The highest BCUT2D eigenvalue weighted by Crippen LogP contribution is 2.48. The molecule has 0 bridgehead atoms. The van der Waals surface area contributed by atoms with Gasteiger partial charge in [0.1, 0.15) is 0 Å². The number of aromatic nitrogens is 1. The molecule has 1 aromatic heterocycles. The zero-order chi connectivity index (χ0) is 57.2. The van der Waals surface area contributed by atoms with Crippen molar-refractivity contribution >= 4 is 79.0 Å². The molecule has 0 unspecified atom stereocenters. The standard InChI is InChI=1S/C80H50BN5/c82-51-53-16-15-25-64(44-53)69-45-54(52-83)28-40-74(69)86-73-27-14-13-26-68(73)70-46-61(33-41-75(70)86)65-49-78-80-79(50-65)85(67-38-31-60(32-39-67)56-19-7-2-8-20-56)77-43-35-63(58-23-11-4-12-24-58)48-72(77)81(80)71-47-62(57-21-9-3-10-22-57)34-42-76(71)84(78)66-36-29-59(30-37-66)55-17-5-1-6-18-55/h1-50H. The van der Waals surface area contributed by atoms with E-state index in [1.54, 1.807) is 0 Å². The molecule has 0 radical (unpaired) electrons. The van der Waals surface area contributed by atoms with E-state index in [0.717, 1.165) is 95.0 Å². The Bertz CT molecular complexity index is 4860. The smallest absolute Gasteiger partial charge is 0.252 e. The van der Waals surface area contributed by atoms with Crippen molar-refractivity contribution in [2.45, 2.75) is 0 Å². The second-order valence-electron chi connectivity index (χ2n) is 22.3. The number of fused-ring (bicyclic) bond motifs is 7. The van der Waals surface area contributed by atoms with E-state index in [1.807, 2.05) is 42.5 Å². The molecule has 2 aliphatic rings. The van der Waals surface area contributed by atoms with E-state index in [-0.39, 0.29) is 6.71 Å². The Balaban J connectivity index is 0.967. The highest BCUT2D eigenvalue weighted by Gasteiger charge is 2.44. The Morgan fingerprint density at radius 3 is 1.22 bits per heavy atom. The molecule has 16 rings (SSSR count). The van der Waals surface area contributed by atoms with E-state index in [0.29, 0.717) is 11.1 Å². The van der Waals surface area contributed by atoms with Crippen LogP contribution in [0.2, 0.25) is 0 Å². The first kappa shape index (κ1) is 50.1. The molecule has 6 heteroatoms. The molecule has 0 saturated heterocycles. The van der Waals surface area contributed by atoms with Crippen LogP contribution < -0.4 is 26.2 Å². The summed E-state index contributed by atoms with van der Waals surface area (Å²) in [7, 11) is 0. The highest BCUT2D eigenvalue weighted by molar-refractivity contribution is 7.00. The third-order valence-corrected chi connectivity index (χ3v) is 17.4. The Morgan fingerprint density at radius 1 is 0.267 bits per heavy atom. The fraction of sp³-hybridized carbons (Fsp3) is 0. The van der Waals surface area contributed by atoms with Crippen LogP contribution in [0.3, 0.4) is 0 Å². The molecule has 0 atom stereocenters. The molecule has 0 spiro atoms. The molecular formula is C80H50BN5. The lowest BCUT2D eigenvalue weighted by atomic mass is 9.33. The van der Waals surface area contributed by atoms with Crippen molar-refractivity contribution in [1.29, 1.82) is 10.5 Å². The molecule has 86 heavy (non-hydrogen) atoms. The van der Waals surface area contributed by atoms with E-state index in [2.05, 4.69) is 287 Å². The molecule has 0 fully saturated rings. The first-order valence-corrected chi connectivity index (χ1v) is 29.1. The zero-order valence-corrected chi connectivity index (χ0v) is 46.7. The van der Waals surface area contributed by atoms with Gasteiger partial charge < -0.3 is 14.4 Å². The Kier molecular flexibility index (Phi) is 12.0. The van der Waals surface area contributed by atoms with Crippen molar-refractivity contribution in [3.8, 4) is 84.6 Å². The average Bonchev–Trinajstić information content (AvgIpc) is 0.819. The first-order valence-electron chi connectivity index (χ1n) is 29.1. The SMILES string of the molecule is N#Cc1cccc(-c2cc(C#N)ccc2-n2c3ccccc3c3cc(-c4cc5c6c(c4)N(c4ccc(-c7ccccc7)cc4)c4ccc(-c7ccccc7)cc4B6c4cc(-c6ccccc6)ccc4N5c4ccc(-c5ccccc5)cc4)ccc32)c1. The van der Waals surface area contributed by atoms with Gasteiger partial charge in [0.15, 0.2) is 0 Å². The Labute approximate surface area is 500 Å². The summed E-state index contributed by atoms with van der Waals surface area (Å²) in [4.78, 5) is 5.02. The van der Waals surface area contributed by atoms with Gasteiger partial charge >= 0.3 is 0 Å². The van der Waals surface area contributed by atoms with Crippen molar-refractivity contribution in [2.24, 2.45) is 0 Å². The maximum absolute atomic E-state index is 10.2. The summed E-state index contributed by atoms with van der Waals surface area (Å²) in [6.07, 6.45) is 0. The number of nitriles is 2. The summed E-state index contributed by atoms with van der Waals surface area (Å²) >= 11 is 0. The van der Waals surface area contributed by atoms with Gasteiger partial charge in [-0.25, -0.2) is 0 Å². The predicted octanol–water partition coefficient (Wildman–Crippen LogP) is 18.6. The van der Waals surface area contributed by atoms with Crippen molar-refractivity contribution in [2.75, 3.05) is 9.80 Å². The minimum absolute atomic E-state index is 0.151. The highest BCUT2D eigenvalue weighted by atomic mass is 15.2. The van der Waals surface area contributed by atoms with Crippen LogP contribution in [-0.4, -0.2) is 11.3 Å². The lowest BCUT2D eigenvalue weighted by Gasteiger charge is -2.44. The molecular weight excluding hydrogens is 1040 g/mol. The van der Waals surface area contributed by atoms with Crippen molar-refractivity contribution in [3.05, 3.63) is 314 Å². The fourth-order valence-electron chi connectivity index (χ4n) is 13.4. The summed E-state index contributed by atoms with van der Waals surface area (Å²) in [5.74, 6) is 0. The summed E-state index contributed by atoms with van der Waals surface area (Å²) in [5, 5.41) is 22.4. The lowest BCUT2D eigenvalue weighted by molar-refractivity contribution is 1.18. The number of para-hydroxylation sites is 1. The fourth-order valence-corrected chi connectivity index (χ4v) is 13.4. The average molecular weight is 1090 g/mol. The van der Waals surface area contributed by atoms with Crippen LogP contribution in [-0.2, 0) is 0 Å².